The van der Waals surface area contributed by atoms with Gasteiger partial charge < -0.3 is 4.74 Å². The summed E-state index contributed by atoms with van der Waals surface area (Å²) in [6.07, 6.45) is 5.16. The van der Waals surface area contributed by atoms with Crippen molar-refractivity contribution in [2.24, 2.45) is 5.92 Å². The van der Waals surface area contributed by atoms with Crippen LogP contribution in [0.5, 0.6) is 5.75 Å². The minimum Gasteiger partial charge on any atom is -0.423 e. The lowest BCUT2D eigenvalue weighted by atomic mass is 9.79. The molecule has 0 aliphatic heterocycles. The molecule has 3 rings (SSSR count). The summed E-state index contributed by atoms with van der Waals surface area (Å²) >= 11 is 0. The van der Waals surface area contributed by atoms with Gasteiger partial charge in [0, 0.05) is 0 Å². The topological polar surface area (TPSA) is 26.3 Å². The van der Waals surface area contributed by atoms with Crippen molar-refractivity contribution in [3.8, 4) is 5.75 Å². The fraction of sp³-hybridized carbons (Fsp3) is 0.435. The first-order valence-corrected chi connectivity index (χ1v) is 9.34. The minimum atomic E-state index is -0.287. The molecule has 1 saturated carbocycles. The Bertz CT molecular complexity index is 727. The molecule has 0 spiro atoms. The normalized spacial score (nSPS) is 20.3. The molecule has 0 radical (unpaired) electrons. The summed E-state index contributed by atoms with van der Waals surface area (Å²) in [7, 11) is 0. The molecule has 1 fully saturated rings. The van der Waals surface area contributed by atoms with E-state index in [0.717, 1.165) is 17.0 Å². The monoisotopic (exact) mass is 336 g/mol. The lowest BCUT2D eigenvalue weighted by Crippen LogP contribution is -2.11. The summed E-state index contributed by atoms with van der Waals surface area (Å²) in [4.78, 5) is 12.4. The van der Waals surface area contributed by atoms with Crippen LogP contribution in [0.4, 0.5) is 0 Å². The first kappa shape index (κ1) is 17.7. The van der Waals surface area contributed by atoms with E-state index in [2.05, 4.69) is 26.0 Å². The van der Waals surface area contributed by atoms with Crippen molar-refractivity contribution in [2.75, 3.05) is 0 Å². The van der Waals surface area contributed by atoms with Gasteiger partial charge in [0.1, 0.15) is 5.75 Å². The van der Waals surface area contributed by atoms with Crippen LogP contribution < -0.4 is 4.74 Å². The summed E-state index contributed by atoms with van der Waals surface area (Å²) < 4.78 is 5.57. The van der Waals surface area contributed by atoms with Crippen molar-refractivity contribution >= 4 is 5.97 Å². The Morgan fingerprint density at radius 3 is 2.04 bits per heavy atom. The third-order valence-corrected chi connectivity index (χ3v) is 5.74. The Balaban J connectivity index is 1.68. The molecule has 0 bridgehead atoms. The standard InChI is InChI=1S/C23H28O2/c1-15-5-7-19(8-6-15)20-9-11-22(12-10-20)25-23(24)21-13-16(2)18(4)17(3)14-21/h9-15,19H,5-8H2,1-4H3. The van der Waals surface area contributed by atoms with Gasteiger partial charge in [-0.2, -0.15) is 0 Å². The molecule has 2 heteroatoms. The number of carbonyl (C=O) groups excluding carboxylic acids is 1. The van der Waals surface area contributed by atoms with Gasteiger partial charge in [-0.1, -0.05) is 31.9 Å². The smallest absolute Gasteiger partial charge is 0.343 e. The Hall–Kier alpha value is -2.09. The summed E-state index contributed by atoms with van der Waals surface area (Å²) in [6, 6.07) is 11.9. The number of carbonyl (C=O) groups is 1. The van der Waals surface area contributed by atoms with Gasteiger partial charge in [0.15, 0.2) is 0 Å². The molecule has 132 valence electrons. The Kier molecular flexibility index (Phi) is 5.27. The van der Waals surface area contributed by atoms with Crippen LogP contribution >= 0.6 is 0 Å². The number of benzene rings is 2. The zero-order chi connectivity index (χ0) is 18.0. The Morgan fingerprint density at radius 2 is 1.48 bits per heavy atom. The van der Waals surface area contributed by atoms with E-state index in [0.29, 0.717) is 17.2 Å². The fourth-order valence-corrected chi connectivity index (χ4v) is 3.72. The molecule has 0 unspecified atom stereocenters. The van der Waals surface area contributed by atoms with Crippen LogP contribution in [0.15, 0.2) is 36.4 Å². The van der Waals surface area contributed by atoms with Gasteiger partial charge in [0.05, 0.1) is 5.56 Å². The second-order valence-electron chi connectivity index (χ2n) is 7.65. The first-order chi connectivity index (χ1) is 11.9. The van der Waals surface area contributed by atoms with Crippen LogP contribution in [-0.4, -0.2) is 5.97 Å². The molecule has 0 amide bonds. The van der Waals surface area contributed by atoms with E-state index in [-0.39, 0.29) is 5.97 Å². The molecule has 2 aromatic carbocycles. The van der Waals surface area contributed by atoms with Crippen molar-refractivity contribution in [2.45, 2.75) is 59.3 Å². The maximum atomic E-state index is 12.4. The Morgan fingerprint density at radius 1 is 0.920 bits per heavy atom. The number of esters is 1. The highest BCUT2D eigenvalue weighted by molar-refractivity contribution is 5.91. The maximum absolute atomic E-state index is 12.4. The molecule has 0 saturated heterocycles. The molecule has 1 aliphatic rings. The van der Waals surface area contributed by atoms with E-state index in [9.17, 15) is 4.79 Å². The van der Waals surface area contributed by atoms with Gasteiger partial charge in [0.25, 0.3) is 0 Å². The Labute approximate surface area is 151 Å². The van der Waals surface area contributed by atoms with Crippen LogP contribution in [-0.2, 0) is 0 Å². The van der Waals surface area contributed by atoms with E-state index in [1.165, 1.54) is 36.8 Å². The number of hydrogen-bond acceptors (Lipinski definition) is 2. The van der Waals surface area contributed by atoms with E-state index in [1.54, 1.807) is 0 Å². The van der Waals surface area contributed by atoms with Crippen molar-refractivity contribution < 1.29 is 9.53 Å². The van der Waals surface area contributed by atoms with Gasteiger partial charge in [0.2, 0.25) is 0 Å². The average molecular weight is 336 g/mol. The van der Waals surface area contributed by atoms with E-state index in [1.807, 2.05) is 38.1 Å². The highest BCUT2D eigenvalue weighted by Crippen LogP contribution is 2.36. The predicted molar refractivity (Wildman–Crippen MR) is 102 cm³/mol. The zero-order valence-corrected chi connectivity index (χ0v) is 15.8. The molecule has 25 heavy (non-hydrogen) atoms. The molecule has 0 atom stereocenters. The molecule has 1 aliphatic carbocycles. The number of aryl methyl sites for hydroxylation is 2. The van der Waals surface area contributed by atoms with Crippen LogP contribution in [0, 0.1) is 26.7 Å². The highest BCUT2D eigenvalue weighted by Gasteiger charge is 2.20. The number of rotatable bonds is 3. The van der Waals surface area contributed by atoms with Gasteiger partial charge in [-0.25, -0.2) is 4.79 Å². The molecular formula is C23H28O2. The van der Waals surface area contributed by atoms with Gasteiger partial charge in [-0.3, -0.25) is 0 Å². The molecule has 2 aromatic rings. The lowest BCUT2D eigenvalue weighted by Gasteiger charge is -2.26. The predicted octanol–water partition coefficient (Wildman–Crippen LogP) is 6.12. The van der Waals surface area contributed by atoms with Crippen LogP contribution in [0.2, 0.25) is 0 Å². The summed E-state index contributed by atoms with van der Waals surface area (Å²) in [5, 5.41) is 0. The van der Waals surface area contributed by atoms with Gasteiger partial charge in [-0.05, 0) is 92.0 Å². The fourth-order valence-electron chi connectivity index (χ4n) is 3.72. The first-order valence-electron chi connectivity index (χ1n) is 9.34. The van der Waals surface area contributed by atoms with Crippen LogP contribution in [0.3, 0.4) is 0 Å². The maximum Gasteiger partial charge on any atom is 0.343 e. The molecule has 0 aromatic heterocycles. The molecule has 2 nitrogen and oxygen atoms in total. The van der Waals surface area contributed by atoms with Gasteiger partial charge >= 0.3 is 5.97 Å². The SMILES string of the molecule is Cc1cc(C(=O)Oc2ccc(C3CCC(C)CC3)cc2)cc(C)c1C. The number of ether oxygens (including phenoxy) is 1. The largest absolute Gasteiger partial charge is 0.423 e. The lowest BCUT2D eigenvalue weighted by molar-refractivity contribution is 0.0734. The third-order valence-electron chi connectivity index (χ3n) is 5.74. The van der Waals surface area contributed by atoms with Gasteiger partial charge in [-0.15, -0.1) is 0 Å². The summed E-state index contributed by atoms with van der Waals surface area (Å²) in [5.74, 6) is 1.85. The second-order valence-corrected chi connectivity index (χ2v) is 7.65. The summed E-state index contributed by atoms with van der Waals surface area (Å²) in [6.45, 7) is 8.47. The zero-order valence-electron chi connectivity index (χ0n) is 15.8. The van der Waals surface area contributed by atoms with E-state index >= 15 is 0 Å². The van der Waals surface area contributed by atoms with E-state index in [4.69, 9.17) is 4.74 Å². The third kappa shape index (κ3) is 4.12. The summed E-state index contributed by atoms with van der Waals surface area (Å²) in [5.41, 5.74) is 5.45. The number of hydrogen-bond donors (Lipinski definition) is 0. The average Bonchev–Trinajstić information content (AvgIpc) is 2.60. The molecule has 0 N–H and O–H groups in total. The molecular weight excluding hydrogens is 308 g/mol. The van der Waals surface area contributed by atoms with Crippen molar-refractivity contribution in [3.63, 3.8) is 0 Å². The van der Waals surface area contributed by atoms with Crippen LogP contribution in [0.25, 0.3) is 0 Å². The van der Waals surface area contributed by atoms with Crippen molar-refractivity contribution in [1.29, 1.82) is 0 Å². The molecule has 0 heterocycles. The second kappa shape index (κ2) is 7.43. The van der Waals surface area contributed by atoms with Crippen molar-refractivity contribution in [3.05, 3.63) is 64.2 Å². The van der Waals surface area contributed by atoms with Crippen LogP contribution in [0.1, 0.15) is 71.1 Å². The highest BCUT2D eigenvalue weighted by atomic mass is 16.5. The van der Waals surface area contributed by atoms with Crippen molar-refractivity contribution in [1.82, 2.24) is 0 Å². The quantitative estimate of drug-likeness (QED) is 0.498. The van der Waals surface area contributed by atoms with E-state index < -0.39 is 0 Å². The minimum absolute atomic E-state index is 0.287.